The van der Waals surface area contributed by atoms with Gasteiger partial charge in [-0.3, -0.25) is 9.63 Å². The molecule has 28 heavy (non-hydrogen) atoms. The minimum Gasteiger partial charge on any atom is -0.321 e. The fraction of sp³-hybridized carbons (Fsp3) is 0.350. The highest BCUT2D eigenvalue weighted by Crippen LogP contribution is 2.38. The third-order valence-corrected chi connectivity index (χ3v) is 7.85. The molecule has 1 fully saturated rings. The van der Waals surface area contributed by atoms with Crippen LogP contribution in [0.5, 0.6) is 0 Å². The van der Waals surface area contributed by atoms with Crippen molar-refractivity contribution in [2.24, 2.45) is 0 Å². The Labute approximate surface area is 170 Å². The van der Waals surface area contributed by atoms with Crippen molar-refractivity contribution in [2.45, 2.75) is 40.7 Å². The van der Waals surface area contributed by atoms with Crippen molar-refractivity contribution in [2.75, 3.05) is 19.5 Å². The number of nitrogens with zero attached hydrogens (tertiary/aromatic N) is 1. The van der Waals surface area contributed by atoms with E-state index in [9.17, 15) is 13.2 Å². The van der Waals surface area contributed by atoms with Crippen LogP contribution < -0.4 is 5.32 Å². The van der Waals surface area contributed by atoms with Gasteiger partial charge in [-0.25, -0.2) is 8.42 Å². The Kier molecular flexibility index (Phi) is 6.77. The minimum absolute atomic E-state index is 0.0607. The van der Waals surface area contributed by atoms with Gasteiger partial charge < -0.3 is 5.32 Å². The number of hydrogen-bond donors (Lipinski definition) is 1. The van der Waals surface area contributed by atoms with E-state index >= 15 is 0 Å². The molecule has 2 aromatic rings. The quantitative estimate of drug-likeness (QED) is 0.681. The maximum Gasteiger partial charge on any atom is 0.264 e. The zero-order valence-corrected chi connectivity index (χ0v) is 17.6. The lowest BCUT2D eigenvalue weighted by Gasteiger charge is -2.15. The summed E-state index contributed by atoms with van der Waals surface area (Å²) in [6.45, 7) is 0. The van der Waals surface area contributed by atoms with Crippen LogP contribution in [0.3, 0.4) is 0 Å². The van der Waals surface area contributed by atoms with Gasteiger partial charge in [0, 0.05) is 22.8 Å². The number of anilines is 1. The molecule has 150 valence electrons. The predicted molar refractivity (Wildman–Crippen MR) is 111 cm³/mol. The number of benzene rings is 2. The Balaban J connectivity index is 1.73. The summed E-state index contributed by atoms with van der Waals surface area (Å²) in [5.74, 6) is -0.275. The van der Waals surface area contributed by atoms with Crippen LogP contribution in [-0.4, -0.2) is 38.2 Å². The highest BCUT2D eigenvalue weighted by atomic mass is 32.2. The lowest BCUT2D eigenvalue weighted by molar-refractivity contribution is -0.0258. The van der Waals surface area contributed by atoms with Gasteiger partial charge in [0.1, 0.15) is 0 Å². The molecular weight excluding hydrogens is 396 g/mol. The summed E-state index contributed by atoms with van der Waals surface area (Å²) >= 11 is 1.81. The molecule has 1 amide bonds. The highest BCUT2D eigenvalue weighted by molar-refractivity contribution is 8.00. The van der Waals surface area contributed by atoms with Crippen LogP contribution in [-0.2, 0) is 14.9 Å². The number of para-hydroxylation sites is 1. The number of rotatable bonds is 7. The number of amides is 1. The number of hydrogen-bond acceptors (Lipinski definition) is 5. The Morgan fingerprint density at radius 2 is 1.75 bits per heavy atom. The Bertz CT molecular complexity index is 923. The zero-order valence-electron chi connectivity index (χ0n) is 15.9. The van der Waals surface area contributed by atoms with E-state index in [1.807, 2.05) is 36.0 Å². The molecule has 0 spiro atoms. The third kappa shape index (κ3) is 4.75. The average Bonchev–Trinajstić information content (AvgIpc) is 3.22. The molecule has 2 aromatic carbocycles. The maximum absolute atomic E-state index is 12.6. The van der Waals surface area contributed by atoms with Crippen LogP contribution in [0, 0.1) is 0 Å². The normalized spacial score (nSPS) is 15.1. The molecule has 1 aliphatic carbocycles. The van der Waals surface area contributed by atoms with Gasteiger partial charge in [-0.15, -0.1) is 11.8 Å². The van der Waals surface area contributed by atoms with Crippen LogP contribution in [0.25, 0.3) is 0 Å². The first-order valence-corrected chi connectivity index (χ1v) is 11.4. The number of sulfonamides is 1. The summed E-state index contributed by atoms with van der Waals surface area (Å²) in [5, 5.41) is 3.55. The van der Waals surface area contributed by atoms with Gasteiger partial charge in [0.05, 0.1) is 17.7 Å². The summed E-state index contributed by atoms with van der Waals surface area (Å²) in [4.78, 5) is 18.5. The molecule has 6 nitrogen and oxygen atoms in total. The zero-order chi connectivity index (χ0) is 20.1. The molecule has 0 aromatic heterocycles. The van der Waals surface area contributed by atoms with E-state index in [2.05, 4.69) is 5.32 Å². The highest BCUT2D eigenvalue weighted by Gasteiger charge is 2.21. The lowest BCUT2D eigenvalue weighted by atomic mass is 10.2. The molecule has 0 aliphatic heterocycles. The van der Waals surface area contributed by atoms with E-state index in [1.54, 1.807) is 0 Å². The van der Waals surface area contributed by atoms with E-state index in [0.29, 0.717) is 10.8 Å². The van der Waals surface area contributed by atoms with Gasteiger partial charge in [-0.05, 0) is 49.2 Å². The monoisotopic (exact) mass is 420 g/mol. The standard InChI is InChI=1S/C20H24N2O4S2/c1-22(26-2)28(24,25)17-13-11-15(12-14-17)20(23)21-18-9-5-6-10-19(18)27-16-7-3-4-8-16/h5-6,9-14,16H,3-4,7-8H2,1-2H3,(H,21,23). The number of thioether (sulfide) groups is 1. The number of nitrogens with one attached hydrogen (secondary N) is 1. The SMILES string of the molecule is CON(C)S(=O)(=O)c1ccc(C(=O)Nc2ccccc2SC2CCCC2)cc1. The van der Waals surface area contributed by atoms with Crippen molar-refractivity contribution in [1.29, 1.82) is 0 Å². The van der Waals surface area contributed by atoms with Gasteiger partial charge in [0.15, 0.2) is 0 Å². The van der Waals surface area contributed by atoms with Gasteiger partial charge in [-0.2, -0.15) is 0 Å². The van der Waals surface area contributed by atoms with Crippen molar-refractivity contribution in [3.8, 4) is 0 Å². The lowest BCUT2D eigenvalue weighted by Crippen LogP contribution is -2.25. The number of carbonyl (C=O) groups excluding carboxylic acids is 1. The second kappa shape index (κ2) is 9.09. The number of hydroxylamine groups is 1. The topological polar surface area (TPSA) is 75.7 Å². The first-order valence-electron chi connectivity index (χ1n) is 9.12. The molecule has 0 radical (unpaired) electrons. The molecule has 0 saturated heterocycles. The van der Waals surface area contributed by atoms with Crippen LogP contribution >= 0.6 is 11.8 Å². The van der Waals surface area contributed by atoms with Crippen LogP contribution in [0.2, 0.25) is 0 Å². The second-order valence-electron chi connectivity index (χ2n) is 6.60. The van der Waals surface area contributed by atoms with E-state index in [4.69, 9.17) is 4.84 Å². The summed E-state index contributed by atoms with van der Waals surface area (Å²) < 4.78 is 25.3. The Morgan fingerprint density at radius 3 is 2.39 bits per heavy atom. The fourth-order valence-electron chi connectivity index (χ4n) is 3.08. The second-order valence-corrected chi connectivity index (χ2v) is 9.87. The fourth-order valence-corrected chi connectivity index (χ4v) is 5.38. The van der Waals surface area contributed by atoms with Crippen molar-refractivity contribution < 1.29 is 18.0 Å². The average molecular weight is 421 g/mol. The van der Waals surface area contributed by atoms with E-state index in [1.165, 1.54) is 64.1 Å². The van der Waals surface area contributed by atoms with Gasteiger partial charge in [-0.1, -0.05) is 29.4 Å². The van der Waals surface area contributed by atoms with Crippen molar-refractivity contribution in [1.82, 2.24) is 4.47 Å². The largest absolute Gasteiger partial charge is 0.321 e. The third-order valence-electron chi connectivity index (χ3n) is 4.74. The Morgan fingerprint density at radius 1 is 1.11 bits per heavy atom. The van der Waals surface area contributed by atoms with E-state index in [-0.39, 0.29) is 10.8 Å². The van der Waals surface area contributed by atoms with Crippen LogP contribution in [0.4, 0.5) is 5.69 Å². The minimum atomic E-state index is -3.73. The Hall–Kier alpha value is -1.87. The first-order chi connectivity index (χ1) is 13.4. The van der Waals surface area contributed by atoms with Crippen molar-refractivity contribution in [3.63, 3.8) is 0 Å². The summed E-state index contributed by atoms with van der Waals surface area (Å²) in [5.41, 5.74) is 1.17. The van der Waals surface area contributed by atoms with Crippen LogP contribution in [0.1, 0.15) is 36.0 Å². The summed E-state index contributed by atoms with van der Waals surface area (Å²) in [7, 11) is -1.14. The molecule has 0 heterocycles. The summed E-state index contributed by atoms with van der Waals surface area (Å²) in [6.07, 6.45) is 4.94. The maximum atomic E-state index is 12.6. The molecule has 3 rings (SSSR count). The molecule has 8 heteroatoms. The molecule has 0 atom stereocenters. The van der Waals surface area contributed by atoms with Gasteiger partial charge >= 0.3 is 0 Å². The van der Waals surface area contributed by atoms with Crippen molar-refractivity contribution >= 4 is 33.4 Å². The molecule has 0 bridgehead atoms. The van der Waals surface area contributed by atoms with Gasteiger partial charge in [0.2, 0.25) is 0 Å². The van der Waals surface area contributed by atoms with E-state index < -0.39 is 10.0 Å². The molecule has 0 unspecified atom stereocenters. The summed E-state index contributed by atoms with van der Waals surface area (Å²) in [6, 6.07) is 13.6. The predicted octanol–water partition coefficient (Wildman–Crippen LogP) is 4.16. The molecule has 1 aliphatic rings. The molecule has 1 N–H and O–H groups in total. The molecular formula is C20H24N2O4S2. The molecule has 1 saturated carbocycles. The number of carbonyl (C=O) groups is 1. The first kappa shape index (κ1) is 20.9. The smallest absolute Gasteiger partial charge is 0.264 e. The van der Waals surface area contributed by atoms with Crippen molar-refractivity contribution in [3.05, 3.63) is 54.1 Å². The van der Waals surface area contributed by atoms with Crippen LogP contribution in [0.15, 0.2) is 58.3 Å². The van der Waals surface area contributed by atoms with E-state index in [0.717, 1.165) is 15.1 Å². The van der Waals surface area contributed by atoms with Gasteiger partial charge in [0.25, 0.3) is 15.9 Å².